The third kappa shape index (κ3) is 4.08. The van der Waals surface area contributed by atoms with E-state index >= 15 is 0 Å². The molecule has 0 radical (unpaired) electrons. The summed E-state index contributed by atoms with van der Waals surface area (Å²) in [6, 6.07) is 8.71. The first kappa shape index (κ1) is 18.6. The van der Waals surface area contributed by atoms with Crippen LogP contribution in [-0.4, -0.2) is 25.2 Å². The predicted octanol–water partition coefficient (Wildman–Crippen LogP) is 2.57. The van der Waals surface area contributed by atoms with Gasteiger partial charge in [0.1, 0.15) is 0 Å². The number of rotatable bonds is 5. The average Bonchev–Trinajstić information content (AvgIpc) is 2.37. The van der Waals surface area contributed by atoms with Crippen LogP contribution < -0.4 is 4.72 Å². The molecule has 1 rings (SSSR count). The largest absolute Gasteiger partial charge is 0.461 e. The minimum Gasteiger partial charge on any atom is -0.461 e. The van der Waals surface area contributed by atoms with Crippen molar-refractivity contribution in [1.29, 1.82) is 0 Å². The van der Waals surface area contributed by atoms with Crippen molar-refractivity contribution in [2.75, 3.05) is 0 Å². The van der Waals surface area contributed by atoms with Gasteiger partial charge in [0.2, 0.25) is 10.0 Å². The molecule has 0 spiro atoms. The molecule has 0 fully saturated rings. The van der Waals surface area contributed by atoms with Crippen LogP contribution in [0.15, 0.2) is 30.3 Å². The fourth-order valence-electron chi connectivity index (χ4n) is 1.74. The Labute approximate surface area is 133 Å². The van der Waals surface area contributed by atoms with Gasteiger partial charge in [-0.25, -0.2) is 13.2 Å². The van der Waals surface area contributed by atoms with Gasteiger partial charge in [-0.15, -0.1) is 0 Å². The maximum Gasteiger partial charge on any atom is 0.331 e. The molecule has 0 aliphatic rings. The molecule has 1 atom stereocenters. The number of esters is 1. The highest BCUT2D eigenvalue weighted by molar-refractivity contribution is 7.90. The van der Waals surface area contributed by atoms with Crippen LogP contribution in [0.3, 0.4) is 0 Å². The second kappa shape index (κ2) is 6.38. The third-order valence-electron chi connectivity index (χ3n) is 3.25. The quantitative estimate of drug-likeness (QED) is 0.844. The summed E-state index contributed by atoms with van der Waals surface area (Å²) in [5.41, 5.74) is -0.939. The second-order valence-electron chi connectivity index (χ2n) is 6.66. The summed E-state index contributed by atoms with van der Waals surface area (Å²) in [6.45, 7) is 9.71. The van der Waals surface area contributed by atoms with E-state index in [1.807, 2.05) is 0 Å². The first-order valence-electron chi connectivity index (χ1n) is 7.20. The maximum atomic E-state index is 12.5. The molecule has 0 bridgehead atoms. The fraction of sp³-hybridized carbons (Fsp3) is 0.562. The van der Waals surface area contributed by atoms with E-state index in [0.29, 0.717) is 5.56 Å². The molecular weight excluding hydrogens is 302 g/mol. The number of nitrogens with one attached hydrogen (secondary N) is 1. The molecule has 1 N–H and O–H groups in total. The zero-order chi connectivity index (χ0) is 17.2. The SMILES string of the molecule is CC(C)OC(=O)C(C)(NS(=O)(=O)C(C)(C)C)c1ccccc1. The Morgan fingerprint density at radius 1 is 1.09 bits per heavy atom. The molecule has 0 saturated heterocycles. The van der Waals surface area contributed by atoms with E-state index in [1.54, 1.807) is 65.0 Å². The van der Waals surface area contributed by atoms with Crippen molar-refractivity contribution in [1.82, 2.24) is 4.72 Å². The van der Waals surface area contributed by atoms with Crippen molar-refractivity contribution in [2.45, 2.75) is 57.9 Å². The molecule has 0 heterocycles. The molecule has 5 nitrogen and oxygen atoms in total. The summed E-state index contributed by atoms with van der Waals surface area (Å²) >= 11 is 0. The normalized spacial score (nSPS) is 15.4. The molecule has 0 amide bonds. The summed E-state index contributed by atoms with van der Waals surface area (Å²) in [4.78, 5) is 12.5. The van der Waals surface area contributed by atoms with Gasteiger partial charge in [0, 0.05) is 0 Å². The van der Waals surface area contributed by atoms with Crippen LogP contribution in [0, 0.1) is 0 Å². The van der Waals surface area contributed by atoms with Crippen LogP contribution in [0.1, 0.15) is 47.1 Å². The van der Waals surface area contributed by atoms with Gasteiger partial charge in [0.25, 0.3) is 0 Å². The van der Waals surface area contributed by atoms with Gasteiger partial charge in [-0.05, 0) is 47.1 Å². The number of hydrogen-bond donors (Lipinski definition) is 1. The smallest absolute Gasteiger partial charge is 0.331 e. The number of hydrogen-bond acceptors (Lipinski definition) is 4. The highest BCUT2D eigenvalue weighted by atomic mass is 32.2. The van der Waals surface area contributed by atoms with Gasteiger partial charge in [-0.3, -0.25) is 0 Å². The van der Waals surface area contributed by atoms with E-state index in [2.05, 4.69) is 4.72 Å². The van der Waals surface area contributed by atoms with Gasteiger partial charge in [-0.1, -0.05) is 30.3 Å². The number of ether oxygens (including phenoxy) is 1. The molecule has 1 aromatic carbocycles. The van der Waals surface area contributed by atoms with Crippen molar-refractivity contribution in [3.05, 3.63) is 35.9 Å². The fourth-order valence-corrected chi connectivity index (χ4v) is 2.79. The molecule has 1 aromatic rings. The van der Waals surface area contributed by atoms with Crippen LogP contribution in [-0.2, 0) is 25.1 Å². The molecule has 6 heteroatoms. The number of carbonyl (C=O) groups is 1. The molecular formula is C16H25NO4S. The monoisotopic (exact) mass is 327 g/mol. The van der Waals surface area contributed by atoms with E-state index in [9.17, 15) is 13.2 Å². The zero-order valence-corrected chi connectivity index (χ0v) is 14.8. The molecule has 1 unspecified atom stereocenters. The lowest BCUT2D eigenvalue weighted by Gasteiger charge is -2.32. The average molecular weight is 327 g/mol. The third-order valence-corrected chi connectivity index (χ3v) is 5.54. The summed E-state index contributed by atoms with van der Waals surface area (Å²) in [7, 11) is -3.74. The summed E-state index contributed by atoms with van der Waals surface area (Å²) < 4.78 is 31.8. The lowest BCUT2D eigenvalue weighted by Crippen LogP contribution is -2.54. The van der Waals surface area contributed by atoms with Crippen molar-refractivity contribution in [2.24, 2.45) is 0 Å². The molecule has 124 valence electrons. The molecule has 0 aliphatic carbocycles. The lowest BCUT2D eigenvalue weighted by molar-refractivity contribution is -0.154. The Kier molecular flexibility index (Phi) is 5.41. The van der Waals surface area contributed by atoms with Gasteiger partial charge < -0.3 is 4.74 Å². The standard InChI is InChI=1S/C16H25NO4S/c1-12(2)21-14(18)16(6,13-10-8-7-9-11-13)17-22(19,20)15(3,4)5/h7-12,17H,1-6H3. The second-order valence-corrected chi connectivity index (χ2v) is 9.10. The first-order chi connectivity index (χ1) is 9.90. The van der Waals surface area contributed by atoms with Crippen LogP contribution in [0.4, 0.5) is 0 Å². The first-order valence-corrected chi connectivity index (χ1v) is 8.68. The zero-order valence-electron chi connectivity index (χ0n) is 14.0. The highest BCUT2D eigenvalue weighted by Crippen LogP contribution is 2.27. The Hall–Kier alpha value is -1.40. The van der Waals surface area contributed by atoms with Crippen LogP contribution in [0.2, 0.25) is 0 Å². The summed E-state index contributed by atoms with van der Waals surface area (Å²) in [6.07, 6.45) is -0.338. The molecule has 0 saturated carbocycles. The Morgan fingerprint density at radius 3 is 2.00 bits per heavy atom. The topological polar surface area (TPSA) is 72.5 Å². The van der Waals surface area contributed by atoms with Crippen molar-refractivity contribution >= 4 is 16.0 Å². The Balaban J connectivity index is 3.33. The van der Waals surface area contributed by atoms with Crippen molar-refractivity contribution in [3.63, 3.8) is 0 Å². The van der Waals surface area contributed by atoms with Crippen molar-refractivity contribution in [3.8, 4) is 0 Å². The maximum absolute atomic E-state index is 12.5. The molecule has 0 aromatic heterocycles. The minimum absolute atomic E-state index is 0.338. The van der Waals surface area contributed by atoms with E-state index in [-0.39, 0.29) is 6.10 Å². The highest BCUT2D eigenvalue weighted by Gasteiger charge is 2.44. The van der Waals surface area contributed by atoms with Gasteiger partial charge >= 0.3 is 5.97 Å². The van der Waals surface area contributed by atoms with E-state index in [4.69, 9.17) is 4.74 Å². The van der Waals surface area contributed by atoms with E-state index < -0.39 is 26.3 Å². The van der Waals surface area contributed by atoms with Gasteiger partial charge in [-0.2, -0.15) is 4.72 Å². The van der Waals surface area contributed by atoms with E-state index in [0.717, 1.165) is 0 Å². The summed E-state index contributed by atoms with van der Waals surface area (Å²) in [5, 5.41) is 0. The lowest BCUT2D eigenvalue weighted by atomic mass is 9.93. The van der Waals surface area contributed by atoms with Crippen molar-refractivity contribution < 1.29 is 17.9 Å². The predicted molar refractivity (Wildman–Crippen MR) is 86.8 cm³/mol. The van der Waals surface area contributed by atoms with Crippen LogP contribution in [0.25, 0.3) is 0 Å². The van der Waals surface area contributed by atoms with Crippen LogP contribution >= 0.6 is 0 Å². The number of benzene rings is 1. The number of sulfonamides is 1. The van der Waals surface area contributed by atoms with Crippen LogP contribution in [0.5, 0.6) is 0 Å². The number of carbonyl (C=O) groups excluding carboxylic acids is 1. The Morgan fingerprint density at radius 2 is 1.59 bits per heavy atom. The van der Waals surface area contributed by atoms with Gasteiger partial charge in [0.05, 0.1) is 10.9 Å². The Bertz CT molecular complexity index is 617. The summed E-state index contributed by atoms with van der Waals surface area (Å²) in [5.74, 6) is -0.624. The minimum atomic E-state index is -3.74. The molecule has 0 aliphatic heterocycles. The van der Waals surface area contributed by atoms with E-state index in [1.165, 1.54) is 6.92 Å². The molecule has 22 heavy (non-hydrogen) atoms. The van der Waals surface area contributed by atoms with Gasteiger partial charge in [0.15, 0.2) is 5.54 Å².